The van der Waals surface area contributed by atoms with Crippen LogP contribution in [0, 0.1) is 5.82 Å². The van der Waals surface area contributed by atoms with Crippen molar-refractivity contribution in [1.82, 2.24) is 10.2 Å². The lowest BCUT2D eigenvalue weighted by atomic mass is 10.0. The quantitative estimate of drug-likeness (QED) is 0.826. The van der Waals surface area contributed by atoms with Crippen LogP contribution in [-0.4, -0.2) is 45.3 Å². The summed E-state index contributed by atoms with van der Waals surface area (Å²) in [6.07, 6.45) is 1.77. The van der Waals surface area contributed by atoms with Gasteiger partial charge in [-0.05, 0) is 6.07 Å². The van der Waals surface area contributed by atoms with Crippen LogP contribution in [0.4, 0.5) is 4.39 Å². The first kappa shape index (κ1) is 21.0. The zero-order valence-corrected chi connectivity index (χ0v) is 14.4. The summed E-state index contributed by atoms with van der Waals surface area (Å²) in [5, 5.41) is 3.29. The third kappa shape index (κ3) is 4.49. The van der Waals surface area contributed by atoms with E-state index in [9.17, 15) is 4.39 Å². The van der Waals surface area contributed by atoms with Crippen LogP contribution < -0.4 is 14.8 Å². The van der Waals surface area contributed by atoms with E-state index in [2.05, 4.69) is 16.8 Å². The number of halogens is 3. The van der Waals surface area contributed by atoms with Gasteiger partial charge in [-0.3, -0.25) is 4.90 Å². The van der Waals surface area contributed by atoms with Crippen molar-refractivity contribution in [3.05, 3.63) is 36.2 Å². The van der Waals surface area contributed by atoms with Gasteiger partial charge in [-0.15, -0.1) is 31.4 Å². The molecule has 126 valence electrons. The Labute approximate surface area is 143 Å². The third-order valence-corrected chi connectivity index (χ3v) is 3.59. The molecule has 1 heterocycles. The van der Waals surface area contributed by atoms with Crippen molar-refractivity contribution in [2.24, 2.45) is 0 Å². The molecule has 1 saturated heterocycles. The summed E-state index contributed by atoms with van der Waals surface area (Å²) in [4.78, 5) is 2.20. The van der Waals surface area contributed by atoms with Crippen molar-refractivity contribution < 1.29 is 13.9 Å². The van der Waals surface area contributed by atoms with E-state index in [0.29, 0.717) is 17.1 Å². The number of piperazine rings is 1. The first-order chi connectivity index (χ1) is 9.71. The van der Waals surface area contributed by atoms with E-state index in [1.165, 1.54) is 13.2 Å². The molecular weight excluding hydrogens is 330 g/mol. The smallest absolute Gasteiger partial charge is 0.163 e. The van der Waals surface area contributed by atoms with Crippen LogP contribution in [0.1, 0.15) is 11.6 Å². The van der Waals surface area contributed by atoms with Gasteiger partial charge in [0.1, 0.15) is 5.82 Å². The molecule has 0 saturated carbocycles. The number of ether oxygens (including phenoxy) is 2. The standard InChI is InChI=1S/C15H21FN2O2.2ClH/c1-4-13(18-7-5-17-6-8-18)11-9-14(19-2)15(20-3)10-12(11)16;;/h4,9-10,13,17H,1,5-8H2,2-3H3;2*1H/t13-;;/m0../s1. The zero-order valence-electron chi connectivity index (χ0n) is 12.8. The van der Waals surface area contributed by atoms with Gasteiger partial charge in [0.2, 0.25) is 0 Å². The summed E-state index contributed by atoms with van der Waals surface area (Å²) in [6.45, 7) is 7.39. The highest BCUT2D eigenvalue weighted by Crippen LogP contribution is 2.34. The predicted molar refractivity (Wildman–Crippen MR) is 91.4 cm³/mol. The molecule has 22 heavy (non-hydrogen) atoms. The minimum absolute atomic E-state index is 0. The Bertz CT molecular complexity index is 483. The van der Waals surface area contributed by atoms with Gasteiger partial charge in [-0.25, -0.2) is 4.39 Å². The Hall–Kier alpha value is -1.01. The highest BCUT2D eigenvalue weighted by molar-refractivity contribution is 5.85. The topological polar surface area (TPSA) is 33.7 Å². The van der Waals surface area contributed by atoms with E-state index in [1.54, 1.807) is 19.3 Å². The van der Waals surface area contributed by atoms with Gasteiger partial charge in [0, 0.05) is 37.8 Å². The molecule has 4 nitrogen and oxygen atoms in total. The minimum atomic E-state index is -0.300. The number of hydrogen-bond acceptors (Lipinski definition) is 4. The lowest BCUT2D eigenvalue weighted by Crippen LogP contribution is -2.44. The van der Waals surface area contributed by atoms with Crippen LogP contribution in [0.15, 0.2) is 24.8 Å². The Balaban J connectivity index is 0.00000220. The minimum Gasteiger partial charge on any atom is -0.493 e. The molecule has 0 unspecified atom stereocenters. The predicted octanol–water partition coefficient (Wildman–Crippen LogP) is 2.82. The monoisotopic (exact) mass is 352 g/mol. The van der Waals surface area contributed by atoms with Gasteiger partial charge in [0.05, 0.1) is 20.3 Å². The molecule has 1 aromatic carbocycles. The average molecular weight is 353 g/mol. The van der Waals surface area contributed by atoms with Crippen LogP contribution in [0.3, 0.4) is 0 Å². The van der Waals surface area contributed by atoms with Gasteiger partial charge in [0.25, 0.3) is 0 Å². The first-order valence-corrected chi connectivity index (χ1v) is 6.70. The van der Waals surface area contributed by atoms with Crippen LogP contribution >= 0.6 is 24.8 Å². The molecule has 1 N–H and O–H groups in total. The fraction of sp³-hybridized carbons (Fsp3) is 0.467. The second-order valence-electron chi connectivity index (χ2n) is 4.70. The molecule has 7 heteroatoms. The summed E-state index contributed by atoms with van der Waals surface area (Å²) in [5.74, 6) is 0.633. The van der Waals surface area contributed by atoms with Crippen molar-refractivity contribution >= 4 is 24.8 Å². The Morgan fingerprint density at radius 2 is 1.73 bits per heavy atom. The number of hydrogen-bond donors (Lipinski definition) is 1. The molecule has 0 bridgehead atoms. The highest BCUT2D eigenvalue weighted by atomic mass is 35.5. The second-order valence-corrected chi connectivity index (χ2v) is 4.70. The summed E-state index contributed by atoms with van der Waals surface area (Å²) < 4.78 is 24.7. The van der Waals surface area contributed by atoms with Gasteiger partial charge in [-0.2, -0.15) is 0 Å². The number of benzene rings is 1. The molecule has 1 aromatic rings. The van der Waals surface area contributed by atoms with Gasteiger partial charge < -0.3 is 14.8 Å². The van der Waals surface area contributed by atoms with Crippen LogP contribution in [0.5, 0.6) is 11.5 Å². The maximum absolute atomic E-state index is 14.3. The van der Waals surface area contributed by atoms with E-state index < -0.39 is 0 Å². The second kappa shape index (κ2) is 9.90. The normalized spacial score (nSPS) is 16.0. The average Bonchev–Trinajstić information content (AvgIpc) is 2.50. The van der Waals surface area contributed by atoms with Crippen LogP contribution in [-0.2, 0) is 0 Å². The van der Waals surface area contributed by atoms with E-state index in [-0.39, 0.29) is 36.7 Å². The van der Waals surface area contributed by atoms with Crippen molar-refractivity contribution in [3.8, 4) is 11.5 Å². The molecule has 0 radical (unpaired) electrons. The number of rotatable bonds is 5. The number of methoxy groups -OCH3 is 2. The van der Waals surface area contributed by atoms with Gasteiger partial charge in [-0.1, -0.05) is 6.08 Å². The molecule has 0 amide bonds. The Kier molecular flexibility index (Phi) is 9.44. The zero-order chi connectivity index (χ0) is 14.5. The number of nitrogens with zero attached hydrogens (tertiary/aromatic N) is 1. The van der Waals surface area contributed by atoms with Crippen molar-refractivity contribution in [2.75, 3.05) is 40.4 Å². The highest BCUT2D eigenvalue weighted by Gasteiger charge is 2.24. The lowest BCUT2D eigenvalue weighted by molar-refractivity contribution is 0.200. The Morgan fingerprint density at radius 3 is 2.23 bits per heavy atom. The fourth-order valence-corrected chi connectivity index (χ4v) is 2.53. The van der Waals surface area contributed by atoms with Crippen LogP contribution in [0.25, 0.3) is 0 Å². The van der Waals surface area contributed by atoms with Gasteiger partial charge in [0.15, 0.2) is 11.5 Å². The molecule has 1 aliphatic heterocycles. The SMILES string of the molecule is C=C[C@@H](c1cc(OC)c(OC)cc1F)N1CCNCC1.Cl.Cl. The summed E-state index contributed by atoms with van der Waals surface area (Å²) in [5.41, 5.74) is 0.569. The fourth-order valence-electron chi connectivity index (χ4n) is 2.53. The summed E-state index contributed by atoms with van der Waals surface area (Å²) in [6, 6.07) is 2.91. The van der Waals surface area contributed by atoms with E-state index in [4.69, 9.17) is 9.47 Å². The molecular formula is C15H23Cl2FN2O2. The third-order valence-electron chi connectivity index (χ3n) is 3.59. The van der Waals surface area contributed by atoms with Crippen molar-refractivity contribution in [3.63, 3.8) is 0 Å². The molecule has 1 atom stereocenters. The molecule has 0 aromatic heterocycles. The molecule has 1 fully saturated rings. The maximum Gasteiger partial charge on any atom is 0.163 e. The largest absolute Gasteiger partial charge is 0.493 e. The molecule has 0 aliphatic carbocycles. The van der Waals surface area contributed by atoms with E-state index in [0.717, 1.165) is 26.2 Å². The lowest BCUT2D eigenvalue weighted by Gasteiger charge is -2.33. The Morgan fingerprint density at radius 1 is 1.18 bits per heavy atom. The summed E-state index contributed by atoms with van der Waals surface area (Å²) in [7, 11) is 3.05. The summed E-state index contributed by atoms with van der Waals surface area (Å²) >= 11 is 0. The molecule has 2 rings (SSSR count). The van der Waals surface area contributed by atoms with E-state index in [1.807, 2.05) is 0 Å². The van der Waals surface area contributed by atoms with Crippen LogP contribution in [0.2, 0.25) is 0 Å². The first-order valence-electron chi connectivity index (χ1n) is 6.70. The van der Waals surface area contributed by atoms with Crippen molar-refractivity contribution in [1.29, 1.82) is 0 Å². The number of nitrogens with one attached hydrogen (secondary N) is 1. The van der Waals surface area contributed by atoms with Crippen molar-refractivity contribution in [2.45, 2.75) is 6.04 Å². The molecule has 0 spiro atoms. The van der Waals surface area contributed by atoms with Gasteiger partial charge >= 0.3 is 0 Å². The molecule has 1 aliphatic rings. The van der Waals surface area contributed by atoms with E-state index >= 15 is 0 Å². The maximum atomic E-state index is 14.3.